The molecule has 0 atom stereocenters. The van der Waals surface area contributed by atoms with Crippen LogP contribution < -0.4 is 0 Å². The molecule has 0 unspecified atom stereocenters. The highest BCUT2D eigenvalue weighted by Gasteiger charge is 2.39. The quantitative estimate of drug-likeness (QED) is 0.176. The molecule has 3 heteroatoms. The summed E-state index contributed by atoms with van der Waals surface area (Å²) in [5, 5.41) is 6.79. The van der Waals surface area contributed by atoms with Crippen LogP contribution >= 0.6 is 0 Å². The second-order valence-electron chi connectivity index (χ2n) is 14.5. The van der Waals surface area contributed by atoms with Crippen molar-refractivity contribution >= 4 is 54.5 Å². The predicted molar refractivity (Wildman–Crippen MR) is 216 cm³/mol. The lowest BCUT2D eigenvalue weighted by atomic mass is 9.80. The van der Waals surface area contributed by atoms with Crippen LogP contribution in [0.15, 0.2) is 162 Å². The van der Waals surface area contributed by atoms with Crippen LogP contribution in [-0.2, 0) is 5.41 Å². The lowest BCUT2D eigenvalue weighted by Crippen LogP contribution is -2.15. The summed E-state index contributed by atoms with van der Waals surface area (Å²) in [6.45, 7) is 4.69. The van der Waals surface area contributed by atoms with E-state index in [1.54, 1.807) is 0 Å². The maximum atomic E-state index is 7.16. The summed E-state index contributed by atoms with van der Waals surface area (Å²) in [4.78, 5) is 9.98. The summed E-state index contributed by atoms with van der Waals surface area (Å²) in [6, 6.07) is 54.4. The molecule has 0 spiro atoms. The second-order valence-corrected chi connectivity index (χ2v) is 14.5. The molecule has 3 nitrogen and oxygen atoms in total. The maximum absolute atomic E-state index is 7.16. The zero-order chi connectivity index (χ0) is 34.6. The number of fused-ring (bicyclic) bond motifs is 11. The fourth-order valence-electron chi connectivity index (χ4n) is 8.81. The van der Waals surface area contributed by atoms with Crippen LogP contribution in [0.5, 0.6) is 0 Å². The number of furan rings is 1. The first-order chi connectivity index (χ1) is 25.6. The van der Waals surface area contributed by atoms with Gasteiger partial charge in [0, 0.05) is 49.8 Å². The SMILES string of the molecule is CC1(C)c2ccccc2-c2c1cc(-c1ccc(-c3ccc4ccc5cccnc5c4n3)c3ccccc13)c1c2oc2c(-c3ccccc3)cccc21. The van der Waals surface area contributed by atoms with Crippen molar-refractivity contribution in [1.82, 2.24) is 9.97 Å². The van der Waals surface area contributed by atoms with Gasteiger partial charge in [0.15, 0.2) is 0 Å². The topological polar surface area (TPSA) is 38.9 Å². The first-order valence-corrected chi connectivity index (χ1v) is 17.9. The molecule has 11 rings (SSSR count). The molecule has 1 aliphatic rings. The Kier molecular flexibility index (Phi) is 6.01. The largest absolute Gasteiger partial charge is 0.455 e. The third kappa shape index (κ3) is 4.02. The summed E-state index contributed by atoms with van der Waals surface area (Å²) >= 11 is 0. The van der Waals surface area contributed by atoms with E-state index in [1.165, 1.54) is 38.8 Å². The molecule has 0 amide bonds. The van der Waals surface area contributed by atoms with Gasteiger partial charge >= 0.3 is 0 Å². The lowest BCUT2D eigenvalue weighted by molar-refractivity contribution is 0.654. The molecule has 0 N–H and O–H groups in total. The summed E-state index contributed by atoms with van der Waals surface area (Å²) in [6.07, 6.45) is 1.85. The van der Waals surface area contributed by atoms with Crippen molar-refractivity contribution in [2.45, 2.75) is 19.3 Å². The molecule has 244 valence electrons. The standard InChI is InChI=1S/C49H32N2O/c1-49(2)40-20-9-8-17-37(40)44-41(49)28-39(43-38-19-10-18-32(47(38)52-48(43)44)29-12-4-3-5-13-29)35-24-25-36(34-16-7-6-15-33(34)35)42-26-23-31-22-21-30-14-11-27-50-45(30)46(31)51-42/h3-28H,1-2H3. The number of pyridine rings is 2. The third-order valence-electron chi connectivity index (χ3n) is 11.3. The fourth-order valence-corrected chi connectivity index (χ4v) is 8.81. The van der Waals surface area contributed by atoms with Crippen molar-refractivity contribution in [3.8, 4) is 44.6 Å². The molecule has 0 saturated carbocycles. The average Bonchev–Trinajstić information content (AvgIpc) is 3.70. The molecule has 0 bridgehead atoms. The zero-order valence-electron chi connectivity index (χ0n) is 28.8. The number of benzene rings is 7. The van der Waals surface area contributed by atoms with E-state index >= 15 is 0 Å². The minimum absolute atomic E-state index is 0.197. The Morgan fingerprint density at radius 3 is 2.04 bits per heavy atom. The van der Waals surface area contributed by atoms with E-state index in [0.717, 1.165) is 71.5 Å². The predicted octanol–water partition coefficient (Wildman–Crippen LogP) is 13.1. The van der Waals surface area contributed by atoms with E-state index in [2.05, 4.69) is 159 Å². The van der Waals surface area contributed by atoms with Gasteiger partial charge in [-0.2, -0.15) is 0 Å². The normalized spacial score (nSPS) is 13.3. The Morgan fingerprint density at radius 1 is 0.481 bits per heavy atom. The van der Waals surface area contributed by atoms with Gasteiger partial charge in [-0.3, -0.25) is 4.98 Å². The minimum Gasteiger partial charge on any atom is -0.455 e. The molecule has 0 fully saturated rings. The summed E-state index contributed by atoms with van der Waals surface area (Å²) < 4.78 is 7.16. The van der Waals surface area contributed by atoms with Gasteiger partial charge in [-0.15, -0.1) is 0 Å². The molecule has 3 heterocycles. The van der Waals surface area contributed by atoms with Crippen molar-refractivity contribution in [1.29, 1.82) is 0 Å². The average molecular weight is 665 g/mol. The van der Waals surface area contributed by atoms with Crippen molar-refractivity contribution in [3.05, 3.63) is 169 Å². The van der Waals surface area contributed by atoms with Crippen LogP contribution in [0.1, 0.15) is 25.0 Å². The monoisotopic (exact) mass is 664 g/mol. The number of aromatic nitrogens is 2. The van der Waals surface area contributed by atoms with Crippen LogP contribution in [0.2, 0.25) is 0 Å². The zero-order valence-corrected chi connectivity index (χ0v) is 28.8. The van der Waals surface area contributed by atoms with E-state index < -0.39 is 0 Å². The molecule has 1 aliphatic carbocycles. The van der Waals surface area contributed by atoms with Crippen LogP contribution in [0.3, 0.4) is 0 Å². The minimum atomic E-state index is -0.197. The van der Waals surface area contributed by atoms with Crippen molar-refractivity contribution < 1.29 is 4.42 Å². The van der Waals surface area contributed by atoms with Crippen LogP contribution in [0.4, 0.5) is 0 Å². The Labute approximate surface area is 300 Å². The van der Waals surface area contributed by atoms with Gasteiger partial charge in [-0.1, -0.05) is 147 Å². The highest BCUT2D eigenvalue weighted by atomic mass is 16.3. The molecular weight excluding hydrogens is 633 g/mol. The van der Waals surface area contributed by atoms with Gasteiger partial charge in [0.1, 0.15) is 11.2 Å². The number of rotatable bonds is 3. The van der Waals surface area contributed by atoms with E-state index in [-0.39, 0.29) is 5.41 Å². The number of nitrogens with zero attached hydrogens (tertiary/aromatic N) is 2. The van der Waals surface area contributed by atoms with Gasteiger partial charge in [-0.25, -0.2) is 4.98 Å². The van der Waals surface area contributed by atoms with E-state index in [0.29, 0.717) is 0 Å². The van der Waals surface area contributed by atoms with Crippen LogP contribution in [0, 0.1) is 0 Å². The second kappa shape index (κ2) is 10.7. The first-order valence-electron chi connectivity index (χ1n) is 17.9. The molecule has 0 aliphatic heterocycles. The lowest BCUT2D eigenvalue weighted by Gasteiger charge is -2.22. The Morgan fingerprint density at radius 2 is 1.17 bits per heavy atom. The first kappa shape index (κ1) is 29.2. The Balaban J connectivity index is 1.22. The maximum Gasteiger partial charge on any atom is 0.144 e. The van der Waals surface area contributed by atoms with Crippen molar-refractivity contribution in [3.63, 3.8) is 0 Å². The highest BCUT2D eigenvalue weighted by Crippen LogP contribution is 2.56. The van der Waals surface area contributed by atoms with Crippen LogP contribution in [-0.4, -0.2) is 9.97 Å². The van der Waals surface area contributed by atoms with Crippen molar-refractivity contribution in [2.24, 2.45) is 0 Å². The molecular formula is C49H32N2O. The van der Waals surface area contributed by atoms with E-state index in [1.807, 2.05) is 12.3 Å². The molecule has 52 heavy (non-hydrogen) atoms. The van der Waals surface area contributed by atoms with Gasteiger partial charge in [0.05, 0.1) is 16.7 Å². The van der Waals surface area contributed by atoms with Gasteiger partial charge in [0.25, 0.3) is 0 Å². The molecule has 0 radical (unpaired) electrons. The number of para-hydroxylation sites is 1. The highest BCUT2D eigenvalue weighted by molar-refractivity contribution is 6.22. The number of hydrogen-bond donors (Lipinski definition) is 0. The molecule has 7 aromatic carbocycles. The van der Waals surface area contributed by atoms with Gasteiger partial charge in [0.2, 0.25) is 0 Å². The van der Waals surface area contributed by atoms with E-state index in [4.69, 9.17) is 14.4 Å². The molecule has 3 aromatic heterocycles. The fraction of sp³-hybridized carbons (Fsp3) is 0.0612. The summed E-state index contributed by atoms with van der Waals surface area (Å²) in [5.41, 5.74) is 15.2. The number of hydrogen-bond acceptors (Lipinski definition) is 3. The Hall–Kier alpha value is -6.58. The third-order valence-corrected chi connectivity index (χ3v) is 11.3. The molecule has 0 saturated heterocycles. The smallest absolute Gasteiger partial charge is 0.144 e. The van der Waals surface area contributed by atoms with Crippen molar-refractivity contribution in [2.75, 3.05) is 0 Å². The Bertz CT molecular complexity index is 3100. The van der Waals surface area contributed by atoms with Gasteiger partial charge < -0.3 is 4.42 Å². The van der Waals surface area contributed by atoms with Gasteiger partial charge in [-0.05, 0) is 62.4 Å². The molecule has 10 aromatic rings. The van der Waals surface area contributed by atoms with E-state index in [9.17, 15) is 0 Å². The van der Waals surface area contributed by atoms with Crippen LogP contribution in [0.25, 0.3) is 99.2 Å². The summed E-state index contributed by atoms with van der Waals surface area (Å²) in [7, 11) is 0. The summed E-state index contributed by atoms with van der Waals surface area (Å²) in [5.74, 6) is 0.